The highest BCUT2D eigenvalue weighted by molar-refractivity contribution is 6.36. The van der Waals surface area contributed by atoms with Crippen molar-refractivity contribution in [3.05, 3.63) is 33.8 Å². The van der Waals surface area contributed by atoms with Crippen LogP contribution in [-0.2, 0) is 19.0 Å². The molecular weight excluding hydrogens is 327 g/mol. The van der Waals surface area contributed by atoms with Gasteiger partial charge >= 0.3 is 5.97 Å². The fraction of sp³-hybridized carbons (Fsp3) is 0.562. The summed E-state index contributed by atoms with van der Waals surface area (Å²) in [7, 11) is 0. The second-order valence-electron chi connectivity index (χ2n) is 5.08. The summed E-state index contributed by atoms with van der Waals surface area (Å²) < 4.78 is 17.1. The fourth-order valence-electron chi connectivity index (χ4n) is 2.59. The van der Waals surface area contributed by atoms with Gasteiger partial charge in [-0.2, -0.15) is 0 Å². The molecule has 1 aromatic carbocycles. The molecule has 0 bridgehead atoms. The van der Waals surface area contributed by atoms with Crippen LogP contribution in [-0.4, -0.2) is 24.5 Å². The Labute approximate surface area is 140 Å². The minimum Gasteiger partial charge on any atom is -0.464 e. The van der Waals surface area contributed by atoms with E-state index >= 15 is 0 Å². The minimum absolute atomic E-state index is 0.271. The van der Waals surface area contributed by atoms with Gasteiger partial charge in [-0.05, 0) is 31.9 Å². The molecule has 1 aliphatic heterocycles. The van der Waals surface area contributed by atoms with Gasteiger partial charge in [0.15, 0.2) is 11.9 Å². The van der Waals surface area contributed by atoms with Crippen LogP contribution in [0, 0.1) is 0 Å². The van der Waals surface area contributed by atoms with Gasteiger partial charge in [0.1, 0.15) is 6.10 Å². The van der Waals surface area contributed by atoms with Gasteiger partial charge in [-0.25, -0.2) is 4.79 Å². The normalized spacial score (nSPS) is 23.5. The maximum Gasteiger partial charge on any atom is 0.338 e. The first-order valence-electron chi connectivity index (χ1n) is 7.44. The number of ether oxygens (including phenoxy) is 3. The lowest BCUT2D eigenvalue weighted by atomic mass is 10.0. The molecule has 1 aliphatic rings. The molecule has 6 heteroatoms. The van der Waals surface area contributed by atoms with Crippen molar-refractivity contribution in [2.75, 3.05) is 6.61 Å². The Morgan fingerprint density at radius 3 is 2.27 bits per heavy atom. The van der Waals surface area contributed by atoms with Crippen LogP contribution in [0.4, 0.5) is 0 Å². The summed E-state index contributed by atoms with van der Waals surface area (Å²) in [4.78, 5) is 12.3. The van der Waals surface area contributed by atoms with Crippen LogP contribution < -0.4 is 0 Å². The largest absolute Gasteiger partial charge is 0.464 e. The SMILES string of the molecule is CCOC(=O)[C@@H]1OC(CC)(CC)O[C@H]1c1c(Cl)cccc1Cl. The van der Waals surface area contributed by atoms with Gasteiger partial charge in [0.2, 0.25) is 0 Å². The van der Waals surface area contributed by atoms with E-state index in [1.165, 1.54) is 0 Å². The summed E-state index contributed by atoms with van der Waals surface area (Å²) >= 11 is 12.5. The number of carbonyl (C=O) groups is 1. The molecule has 0 aromatic heterocycles. The van der Waals surface area contributed by atoms with Gasteiger partial charge in [0.25, 0.3) is 0 Å². The van der Waals surface area contributed by atoms with Gasteiger partial charge in [0, 0.05) is 15.6 Å². The summed E-state index contributed by atoms with van der Waals surface area (Å²) in [6.45, 7) is 5.91. The van der Waals surface area contributed by atoms with Crippen LogP contribution in [0.25, 0.3) is 0 Å². The van der Waals surface area contributed by atoms with Crippen molar-refractivity contribution in [3.8, 4) is 0 Å². The summed E-state index contributed by atoms with van der Waals surface area (Å²) in [6, 6.07) is 5.18. The van der Waals surface area contributed by atoms with Crippen molar-refractivity contribution in [2.24, 2.45) is 0 Å². The zero-order chi connectivity index (χ0) is 16.3. The quantitative estimate of drug-likeness (QED) is 0.734. The average Bonchev–Trinajstić information content (AvgIpc) is 2.88. The lowest BCUT2D eigenvalue weighted by molar-refractivity contribution is -0.188. The number of halogens is 2. The predicted molar refractivity (Wildman–Crippen MR) is 85.1 cm³/mol. The number of esters is 1. The first-order valence-corrected chi connectivity index (χ1v) is 8.19. The topological polar surface area (TPSA) is 44.8 Å². The second-order valence-corrected chi connectivity index (χ2v) is 5.90. The van der Waals surface area contributed by atoms with E-state index in [-0.39, 0.29) is 6.61 Å². The predicted octanol–water partition coefficient (Wildman–Crippen LogP) is 4.53. The molecule has 1 heterocycles. The zero-order valence-corrected chi connectivity index (χ0v) is 14.4. The van der Waals surface area contributed by atoms with E-state index in [4.69, 9.17) is 37.4 Å². The summed E-state index contributed by atoms with van der Waals surface area (Å²) in [5.41, 5.74) is 0.563. The molecule has 4 nitrogen and oxygen atoms in total. The van der Waals surface area contributed by atoms with Crippen molar-refractivity contribution >= 4 is 29.2 Å². The summed E-state index contributed by atoms with van der Waals surface area (Å²) in [5, 5.41) is 0.886. The fourth-order valence-corrected chi connectivity index (χ4v) is 3.20. The van der Waals surface area contributed by atoms with Gasteiger partial charge in [-0.1, -0.05) is 43.1 Å². The number of benzene rings is 1. The molecule has 122 valence electrons. The molecule has 0 aliphatic carbocycles. The standard InChI is InChI=1S/C16H20Cl2O4/c1-4-16(5-2)21-13(14(22-16)15(19)20-6-3)12-10(17)8-7-9-11(12)18/h7-9,13-14H,4-6H2,1-3H3/t13-,14+/m0/s1. The van der Waals surface area contributed by atoms with Crippen LogP contribution in [0.1, 0.15) is 45.3 Å². The molecule has 1 fully saturated rings. The van der Waals surface area contributed by atoms with E-state index in [9.17, 15) is 4.79 Å². The van der Waals surface area contributed by atoms with Gasteiger partial charge < -0.3 is 14.2 Å². The van der Waals surface area contributed by atoms with Crippen molar-refractivity contribution in [1.29, 1.82) is 0 Å². The van der Waals surface area contributed by atoms with Crippen LogP contribution in [0.5, 0.6) is 0 Å². The summed E-state index contributed by atoms with van der Waals surface area (Å²) in [6.07, 6.45) is -0.340. The van der Waals surface area contributed by atoms with Gasteiger partial charge in [-0.3, -0.25) is 0 Å². The van der Waals surface area contributed by atoms with Crippen LogP contribution in [0.2, 0.25) is 10.0 Å². The Morgan fingerprint density at radius 1 is 1.18 bits per heavy atom. The molecule has 1 aromatic rings. The highest BCUT2D eigenvalue weighted by Crippen LogP contribution is 2.46. The van der Waals surface area contributed by atoms with Crippen molar-refractivity contribution in [1.82, 2.24) is 0 Å². The van der Waals surface area contributed by atoms with E-state index in [1.54, 1.807) is 25.1 Å². The number of rotatable bonds is 5. The number of hydrogen-bond donors (Lipinski definition) is 0. The zero-order valence-electron chi connectivity index (χ0n) is 12.9. The Bertz CT molecular complexity index is 523. The van der Waals surface area contributed by atoms with Gasteiger partial charge in [0.05, 0.1) is 6.61 Å². The second kappa shape index (κ2) is 7.18. The lowest BCUT2D eigenvalue weighted by Gasteiger charge is -2.25. The van der Waals surface area contributed by atoms with Crippen LogP contribution in [0.15, 0.2) is 18.2 Å². The molecule has 0 spiro atoms. The van der Waals surface area contributed by atoms with Crippen molar-refractivity contribution < 1.29 is 19.0 Å². The maximum absolute atomic E-state index is 12.3. The van der Waals surface area contributed by atoms with E-state index < -0.39 is 24.0 Å². The Morgan fingerprint density at radius 2 is 1.77 bits per heavy atom. The molecule has 2 rings (SSSR count). The minimum atomic E-state index is -0.878. The van der Waals surface area contributed by atoms with E-state index in [1.807, 2.05) is 13.8 Å². The third kappa shape index (κ3) is 3.25. The highest BCUT2D eigenvalue weighted by Gasteiger charge is 2.51. The van der Waals surface area contributed by atoms with Crippen LogP contribution in [0.3, 0.4) is 0 Å². The molecule has 2 atom stereocenters. The Kier molecular flexibility index (Phi) is 5.72. The average molecular weight is 347 g/mol. The maximum atomic E-state index is 12.3. The highest BCUT2D eigenvalue weighted by atomic mass is 35.5. The molecule has 0 radical (unpaired) electrons. The number of carbonyl (C=O) groups excluding carboxylic acids is 1. The third-order valence-corrected chi connectivity index (χ3v) is 4.50. The van der Waals surface area contributed by atoms with Crippen LogP contribution >= 0.6 is 23.2 Å². The summed E-state index contributed by atoms with van der Waals surface area (Å²) in [5.74, 6) is -1.29. The molecule has 22 heavy (non-hydrogen) atoms. The van der Waals surface area contributed by atoms with E-state index in [0.29, 0.717) is 28.5 Å². The third-order valence-electron chi connectivity index (χ3n) is 3.84. The van der Waals surface area contributed by atoms with Crippen molar-refractivity contribution in [3.63, 3.8) is 0 Å². The first kappa shape index (κ1) is 17.5. The molecular formula is C16H20Cl2O4. The first-order chi connectivity index (χ1) is 10.5. The monoisotopic (exact) mass is 346 g/mol. The van der Waals surface area contributed by atoms with Gasteiger partial charge in [-0.15, -0.1) is 0 Å². The molecule has 0 N–H and O–H groups in total. The van der Waals surface area contributed by atoms with Crippen molar-refractivity contribution in [2.45, 2.75) is 51.6 Å². The van der Waals surface area contributed by atoms with E-state index in [2.05, 4.69) is 0 Å². The molecule has 0 amide bonds. The number of hydrogen-bond acceptors (Lipinski definition) is 4. The Hall–Kier alpha value is -0.810. The molecule has 0 saturated carbocycles. The molecule has 1 saturated heterocycles. The Balaban J connectivity index is 2.43. The van der Waals surface area contributed by atoms with E-state index in [0.717, 1.165) is 0 Å². The smallest absolute Gasteiger partial charge is 0.338 e. The molecule has 0 unspecified atom stereocenters. The lowest BCUT2D eigenvalue weighted by Crippen LogP contribution is -2.32.